The largest absolute Gasteiger partial charge is 1.00 e. The first-order valence-corrected chi connectivity index (χ1v) is 21.4. The number of nitriles is 2. The van der Waals surface area contributed by atoms with Gasteiger partial charge in [-0.25, -0.2) is 0 Å². The van der Waals surface area contributed by atoms with E-state index in [0.717, 1.165) is 34.5 Å². The fourth-order valence-corrected chi connectivity index (χ4v) is 10.5. The summed E-state index contributed by atoms with van der Waals surface area (Å²) in [7, 11) is 1.89. The molecule has 0 aliphatic carbocycles. The van der Waals surface area contributed by atoms with Crippen LogP contribution in [0.1, 0.15) is 13.8 Å². The number of hydrogen-bond donors (Lipinski definition) is 0. The molecule has 0 aliphatic heterocycles. The molecule has 0 saturated heterocycles. The predicted molar refractivity (Wildman–Crippen MR) is 245 cm³/mol. The van der Waals surface area contributed by atoms with Crippen molar-refractivity contribution in [3.05, 3.63) is 146 Å². The Morgan fingerprint density at radius 1 is 0.339 bits per heavy atom. The van der Waals surface area contributed by atoms with Crippen LogP contribution in [0.3, 0.4) is 0 Å². The number of ether oxygens (including phenoxy) is 6. The minimum atomic E-state index is -6.00. The molecule has 0 aromatic heterocycles. The zero-order valence-corrected chi connectivity index (χ0v) is 38.5. The molecule has 62 heavy (non-hydrogen) atoms. The number of nitrogens with zero attached hydrogens (tertiary/aromatic N) is 2. The smallest absolute Gasteiger partial charge is 0.497 e. The first kappa shape index (κ1) is 54.3. The minimum Gasteiger partial charge on any atom is -0.497 e. The van der Waals surface area contributed by atoms with Crippen molar-refractivity contribution < 1.29 is 62.8 Å². The molecule has 0 spiro atoms. The van der Waals surface area contributed by atoms with Gasteiger partial charge in [-0.15, -0.1) is 0 Å². The Morgan fingerprint density at radius 2 is 0.435 bits per heavy atom. The summed E-state index contributed by atoms with van der Waals surface area (Å²) in [6.07, 6.45) is 0. The first-order valence-electron chi connectivity index (χ1n) is 18.4. The Bertz CT molecular complexity index is 1820. The Balaban J connectivity index is 0.000000495. The van der Waals surface area contributed by atoms with E-state index in [1.807, 2.05) is 72.8 Å². The molecule has 6 aromatic carbocycles. The standard InChI is InChI=1S/2C21H21O3P.2C2H3N.BF4.Cu/c2*1-22-16-4-10-19(11-5-16)25(20-12-6-17(23-2)7-13-20)21-14-8-18(24-3)9-15-21;2*1-2-3;2-1(3,4)5;/h2*4-15H,1-3H3;2*1H3;;/q;;;;-1;+1/p+2. The summed E-state index contributed by atoms with van der Waals surface area (Å²) in [6.45, 7) is 2.86. The molecule has 0 unspecified atom stereocenters. The van der Waals surface area contributed by atoms with E-state index in [9.17, 15) is 17.3 Å². The second kappa shape index (κ2) is 29.5. The molecular weight excluding hydrogens is 889 g/mol. The Labute approximate surface area is 375 Å². The van der Waals surface area contributed by atoms with Crippen molar-refractivity contribution in [3.8, 4) is 46.6 Å². The molecule has 0 fully saturated rings. The van der Waals surface area contributed by atoms with Gasteiger partial charge >= 0.3 is 24.3 Å². The molecule has 6 rings (SSSR count). The van der Waals surface area contributed by atoms with E-state index in [1.54, 1.807) is 54.8 Å². The van der Waals surface area contributed by atoms with E-state index in [4.69, 9.17) is 38.9 Å². The van der Waals surface area contributed by atoms with Crippen LogP contribution < -0.4 is 60.2 Å². The van der Waals surface area contributed by atoms with Gasteiger partial charge in [0.1, 0.15) is 66.3 Å². The van der Waals surface area contributed by atoms with Crippen LogP contribution in [0.2, 0.25) is 0 Å². The second-order valence-corrected chi connectivity index (χ2v) is 17.0. The van der Waals surface area contributed by atoms with Crippen LogP contribution >= 0.6 is 15.8 Å². The zero-order valence-electron chi connectivity index (χ0n) is 35.6. The Hall–Kier alpha value is -5.74. The average molecular weight is 939 g/mol. The van der Waals surface area contributed by atoms with Crippen molar-refractivity contribution in [2.45, 2.75) is 13.8 Å². The van der Waals surface area contributed by atoms with Crippen molar-refractivity contribution in [2.75, 3.05) is 42.7 Å². The van der Waals surface area contributed by atoms with Crippen LogP contribution in [-0.4, -0.2) is 49.9 Å². The third-order valence-corrected chi connectivity index (χ3v) is 13.7. The molecule has 8 nitrogen and oxygen atoms in total. The molecule has 0 aliphatic rings. The maximum absolute atomic E-state index is 9.75. The van der Waals surface area contributed by atoms with Crippen LogP contribution in [0.5, 0.6) is 34.5 Å². The fraction of sp³-hybridized carbons (Fsp3) is 0.174. The summed E-state index contributed by atoms with van der Waals surface area (Å²) < 4.78 is 70.8. The molecule has 330 valence electrons. The van der Waals surface area contributed by atoms with Crippen molar-refractivity contribution in [1.82, 2.24) is 0 Å². The van der Waals surface area contributed by atoms with Gasteiger partial charge in [0.2, 0.25) is 0 Å². The van der Waals surface area contributed by atoms with Crippen LogP contribution in [0.15, 0.2) is 146 Å². The molecule has 0 heterocycles. The van der Waals surface area contributed by atoms with Crippen molar-refractivity contribution in [3.63, 3.8) is 0 Å². The van der Waals surface area contributed by atoms with Crippen LogP contribution in [0, 0.1) is 22.7 Å². The van der Waals surface area contributed by atoms with Crippen LogP contribution in [0.4, 0.5) is 17.3 Å². The third kappa shape index (κ3) is 18.9. The van der Waals surface area contributed by atoms with Gasteiger partial charge in [0, 0.05) is 13.8 Å². The first-order chi connectivity index (χ1) is 29.3. The summed E-state index contributed by atoms with van der Waals surface area (Å²) >= 11 is 0. The number of hydrogen-bond acceptors (Lipinski definition) is 8. The average Bonchev–Trinajstić information content (AvgIpc) is 3.28. The molecule has 6 aromatic rings. The number of rotatable bonds is 12. The number of methoxy groups -OCH3 is 6. The fourth-order valence-electron chi connectivity index (χ4n) is 5.55. The quantitative estimate of drug-likeness (QED) is 0.0683. The van der Waals surface area contributed by atoms with E-state index in [2.05, 4.69) is 72.8 Å². The van der Waals surface area contributed by atoms with Gasteiger partial charge in [0.05, 0.1) is 70.6 Å². The van der Waals surface area contributed by atoms with Gasteiger partial charge < -0.3 is 45.7 Å². The third-order valence-electron chi connectivity index (χ3n) is 8.27. The van der Waals surface area contributed by atoms with E-state index < -0.39 is 23.1 Å². The predicted octanol–water partition coefficient (Wildman–Crippen LogP) is 8.76. The van der Waals surface area contributed by atoms with Crippen LogP contribution in [-0.2, 0) is 17.1 Å². The zero-order chi connectivity index (χ0) is 45.2. The molecule has 0 radical (unpaired) electrons. The Morgan fingerprint density at radius 3 is 0.516 bits per heavy atom. The molecule has 0 N–H and O–H groups in total. The van der Waals surface area contributed by atoms with Crippen LogP contribution in [0.25, 0.3) is 0 Å². The molecule has 0 bridgehead atoms. The van der Waals surface area contributed by atoms with E-state index >= 15 is 0 Å². The van der Waals surface area contributed by atoms with Gasteiger partial charge in [-0.2, -0.15) is 10.5 Å². The maximum atomic E-state index is 9.75. The topological polar surface area (TPSA) is 103 Å². The van der Waals surface area contributed by atoms with Crippen molar-refractivity contribution in [1.29, 1.82) is 10.5 Å². The molecule has 16 heteroatoms. The summed E-state index contributed by atoms with van der Waals surface area (Å²) in [5, 5.41) is 22.5. The van der Waals surface area contributed by atoms with E-state index in [1.165, 1.54) is 45.7 Å². The normalized spacial score (nSPS) is 9.74. The van der Waals surface area contributed by atoms with Gasteiger partial charge in [-0.05, 0) is 146 Å². The molecule has 0 atom stereocenters. The second-order valence-electron chi connectivity index (χ2n) is 12.1. The van der Waals surface area contributed by atoms with Gasteiger partial charge in [-0.3, -0.25) is 0 Å². The van der Waals surface area contributed by atoms with E-state index in [-0.39, 0.29) is 17.1 Å². The monoisotopic (exact) mass is 938 g/mol. The van der Waals surface area contributed by atoms with Gasteiger partial charge in [-0.1, -0.05) is 0 Å². The molecule has 0 saturated carbocycles. The molecular formula is C46H50BCuF4N2O6P2+2. The van der Waals surface area contributed by atoms with Crippen molar-refractivity contribution >= 4 is 54.9 Å². The summed E-state index contributed by atoms with van der Waals surface area (Å²) in [5.74, 6) is 5.22. The summed E-state index contributed by atoms with van der Waals surface area (Å²) in [6, 6.07) is 53.6. The van der Waals surface area contributed by atoms with Crippen molar-refractivity contribution in [2.24, 2.45) is 0 Å². The van der Waals surface area contributed by atoms with Gasteiger partial charge in [0.25, 0.3) is 0 Å². The maximum Gasteiger partial charge on any atom is 1.00 e. The Kier molecular flexibility index (Phi) is 25.8. The molecule has 0 amide bonds. The number of benzene rings is 6. The SMILES string of the molecule is CC#N.CC#N.COc1ccc([PH+](c2ccc(OC)cc2)c2ccc(OC)cc2)cc1.COc1ccc([PH+](c2ccc(OC)cc2)c2ccc(OC)cc2)cc1.F[B-](F)(F)F.[Cu+]. The summed E-state index contributed by atoms with van der Waals surface area (Å²) in [5.41, 5.74) is 0. The minimum absolute atomic E-state index is 0. The van der Waals surface area contributed by atoms with Gasteiger partial charge in [0.15, 0.2) is 0 Å². The number of halogens is 4. The summed E-state index contributed by atoms with van der Waals surface area (Å²) in [4.78, 5) is 0. The van der Waals surface area contributed by atoms with E-state index in [0.29, 0.717) is 0 Å².